The monoisotopic (exact) mass is 206 g/mol. The van der Waals surface area contributed by atoms with Gasteiger partial charge in [-0.1, -0.05) is 6.07 Å². The van der Waals surface area contributed by atoms with Gasteiger partial charge in [-0.2, -0.15) is 0 Å². The highest BCUT2D eigenvalue weighted by molar-refractivity contribution is 5.70. The molecule has 0 amide bonds. The average molecular weight is 206 g/mol. The van der Waals surface area contributed by atoms with E-state index in [0.717, 1.165) is 25.2 Å². The van der Waals surface area contributed by atoms with Gasteiger partial charge in [0.2, 0.25) is 0 Å². The number of fused-ring (bicyclic) bond motifs is 1. The van der Waals surface area contributed by atoms with E-state index in [2.05, 4.69) is 9.88 Å². The molecule has 0 unspecified atom stereocenters. The van der Waals surface area contributed by atoms with Crippen LogP contribution in [0.5, 0.6) is 0 Å². The largest absolute Gasteiger partial charge is 0.481 e. The summed E-state index contributed by atoms with van der Waals surface area (Å²) in [6.07, 6.45) is 2.19. The van der Waals surface area contributed by atoms with E-state index in [1.807, 2.05) is 19.2 Å². The number of carboxylic acid groups (broad SMARTS) is 1. The van der Waals surface area contributed by atoms with E-state index in [9.17, 15) is 4.79 Å². The van der Waals surface area contributed by atoms with E-state index in [1.165, 1.54) is 5.56 Å². The summed E-state index contributed by atoms with van der Waals surface area (Å²) >= 11 is 0. The molecule has 0 aliphatic carbocycles. The number of hydrogen-bond acceptors (Lipinski definition) is 3. The van der Waals surface area contributed by atoms with Gasteiger partial charge in [-0.15, -0.1) is 0 Å². The molecule has 1 N–H and O–H groups in total. The maximum atomic E-state index is 10.6. The van der Waals surface area contributed by atoms with Gasteiger partial charge in [0.15, 0.2) is 0 Å². The molecule has 1 aromatic heterocycles. The third kappa shape index (κ3) is 2.09. The minimum Gasteiger partial charge on any atom is -0.481 e. The lowest BCUT2D eigenvalue weighted by Crippen LogP contribution is -2.26. The van der Waals surface area contributed by atoms with Crippen LogP contribution >= 0.6 is 0 Å². The van der Waals surface area contributed by atoms with Crippen LogP contribution in [0.25, 0.3) is 0 Å². The third-order valence-corrected chi connectivity index (χ3v) is 2.65. The second-order valence-corrected chi connectivity index (χ2v) is 3.88. The first-order valence-corrected chi connectivity index (χ1v) is 5.08. The Kier molecular flexibility index (Phi) is 2.58. The van der Waals surface area contributed by atoms with Gasteiger partial charge < -0.3 is 10.0 Å². The number of carboxylic acids is 1. The Morgan fingerprint density at radius 1 is 1.60 bits per heavy atom. The number of aromatic nitrogens is 1. The van der Waals surface area contributed by atoms with Crippen molar-refractivity contribution in [2.45, 2.75) is 19.3 Å². The normalized spacial score (nSPS) is 14.9. The summed E-state index contributed by atoms with van der Waals surface area (Å²) in [5.41, 5.74) is 1.85. The molecule has 0 atom stereocenters. The standard InChI is InChI=1S/C11H14N2O2/c1-13-6-2-3-8-4-5-9(7-10(14)15)12-11(8)13/h4-5H,2-3,6-7H2,1H3,(H,14,15). The lowest BCUT2D eigenvalue weighted by molar-refractivity contribution is -0.136. The number of anilines is 1. The number of pyridine rings is 1. The highest BCUT2D eigenvalue weighted by Gasteiger charge is 2.15. The summed E-state index contributed by atoms with van der Waals surface area (Å²) in [6.45, 7) is 0.997. The summed E-state index contributed by atoms with van der Waals surface area (Å²) in [6, 6.07) is 3.81. The lowest BCUT2D eigenvalue weighted by Gasteiger charge is -2.26. The fourth-order valence-corrected chi connectivity index (χ4v) is 1.91. The van der Waals surface area contributed by atoms with Gasteiger partial charge in [0.05, 0.1) is 12.1 Å². The number of nitrogens with zero attached hydrogens (tertiary/aromatic N) is 2. The first kappa shape index (κ1) is 9.96. The van der Waals surface area contributed by atoms with Crippen molar-refractivity contribution >= 4 is 11.8 Å². The van der Waals surface area contributed by atoms with E-state index in [-0.39, 0.29) is 6.42 Å². The summed E-state index contributed by atoms with van der Waals surface area (Å²) in [4.78, 5) is 17.0. The van der Waals surface area contributed by atoms with Crippen LogP contribution in [0.1, 0.15) is 17.7 Å². The van der Waals surface area contributed by atoms with Crippen molar-refractivity contribution in [2.75, 3.05) is 18.5 Å². The molecule has 4 nitrogen and oxygen atoms in total. The van der Waals surface area contributed by atoms with Crippen LogP contribution in [-0.4, -0.2) is 29.7 Å². The van der Waals surface area contributed by atoms with Crippen LogP contribution in [0.4, 0.5) is 5.82 Å². The van der Waals surface area contributed by atoms with Crippen LogP contribution < -0.4 is 4.90 Å². The zero-order valence-corrected chi connectivity index (χ0v) is 8.73. The maximum absolute atomic E-state index is 10.6. The van der Waals surface area contributed by atoms with Crippen LogP contribution in [-0.2, 0) is 17.6 Å². The molecule has 0 radical (unpaired) electrons. The molecule has 0 bridgehead atoms. The van der Waals surface area contributed by atoms with E-state index >= 15 is 0 Å². The highest BCUT2D eigenvalue weighted by Crippen LogP contribution is 2.23. The summed E-state index contributed by atoms with van der Waals surface area (Å²) in [5.74, 6) is 0.112. The average Bonchev–Trinajstić information content (AvgIpc) is 2.18. The zero-order valence-electron chi connectivity index (χ0n) is 8.73. The van der Waals surface area contributed by atoms with Crippen molar-refractivity contribution in [3.63, 3.8) is 0 Å². The predicted molar refractivity (Wildman–Crippen MR) is 57.2 cm³/mol. The smallest absolute Gasteiger partial charge is 0.309 e. The molecule has 4 heteroatoms. The van der Waals surface area contributed by atoms with Gasteiger partial charge in [-0.25, -0.2) is 4.98 Å². The molecule has 80 valence electrons. The lowest BCUT2D eigenvalue weighted by atomic mass is 10.1. The second kappa shape index (κ2) is 3.88. The Bertz CT molecular complexity index is 390. The molecule has 0 saturated heterocycles. The molecule has 2 heterocycles. The molecule has 0 aromatic carbocycles. The van der Waals surface area contributed by atoms with Gasteiger partial charge in [-0.05, 0) is 24.5 Å². The molecular weight excluding hydrogens is 192 g/mol. The quantitative estimate of drug-likeness (QED) is 0.787. The summed E-state index contributed by atoms with van der Waals surface area (Å²) < 4.78 is 0. The summed E-state index contributed by atoms with van der Waals surface area (Å²) in [5, 5.41) is 8.68. The van der Waals surface area contributed by atoms with E-state index in [4.69, 9.17) is 5.11 Å². The van der Waals surface area contributed by atoms with Crippen molar-refractivity contribution in [1.82, 2.24) is 4.98 Å². The Labute approximate surface area is 88.6 Å². The number of rotatable bonds is 2. The number of carbonyl (C=O) groups is 1. The third-order valence-electron chi connectivity index (χ3n) is 2.65. The minimum atomic E-state index is -0.832. The Balaban J connectivity index is 2.31. The van der Waals surface area contributed by atoms with Crippen molar-refractivity contribution < 1.29 is 9.90 Å². The first-order chi connectivity index (χ1) is 7.16. The Morgan fingerprint density at radius 3 is 3.13 bits per heavy atom. The molecule has 1 aliphatic rings. The second-order valence-electron chi connectivity index (χ2n) is 3.88. The zero-order chi connectivity index (χ0) is 10.8. The maximum Gasteiger partial charge on any atom is 0.309 e. The van der Waals surface area contributed by atoms with Crippen LogP contribution in [0.15, 0.2) is 12.1 Å². The van der Waals surface area contributed by atoms with E-state index < -0.39 is 5.97 Å². The Morgan fingerprint density at radius 2 is 2.40 bits per heavy atom. The van der Waals surface area contributed by atoms with Gasteiger partial charge in [0, 0.05) is 13.6 Å². The van der Waals surface area contributed by atoms with Gasteiger partial charge in [-0.3, -0.25) is 4.79 Å². The van der Waals surface area contributed by atoms with Crippen molar-refractivity contribution in [1.29, 1.82) is 0 Å². The predicted octanol–water partition coefficient (Wildman–Crippen LogP) is 1.09. The van der Waals surface area contributed by atoms with Crippen LogP contribution in [0.3, 0.4) is 0 Å². The molecule has 1 aromatic rings. The van der Waals surface area contributed by atoms with Crippen LogP contribution in [0.2, 0.25) is 0 Å². The number of hydrogen-bond donors (Lipinski definition) is 1. The topological polar surface area (TPSA) is 53.4 Å². The number of aryl methyl sites for hydroxylation is 1. The highest BCUT2D eigenvalue weighted by atomic mass is 16.4. The first-order valence-electron chi connectivity index (χ1n) is 5.08. The summed E-state index contributed by atoms with van der Waals surface area (Å²) in [7, 11) is 2.00. The molecule has 15 heavy (non-hydrogen) atoms. The molecule has 2 rings (SSSR count). The molecular formula is C11H14N2O2. The molecule has 0 fully saturated rings. The van der Waals surface area contributed by atoms with Gasteiger partial charge in [0.25, 0.3) is 0 Å². The molecule has 1 aliphatic heterocycles. The van der Waals surface area contributed by atoms with Crippen molar-refractivity contribution in [3.8, 4) is 0 Å². The van der Waals surface area contributed by atoms with E-state index in [1.54, 1.807) is 0 Å². The molecule has 0 saturated carbocycles. The van der Waals surface area contributed by atoms with Crippen LogP contribution in [0, 0.1) is 0 Å². The Hall–Kier alpha value is -1.58. The number of aliphatic carboxylic acids is 1. The fourth-order valence-electron chi connectivity index (χ4n) is 1.91. The SMILES string of the molecule is CN1CCCc2ccc(CC(=O)O)nc21. The van der Waals surface area contributed by atoms with Crippen molar-refractivity contribution in [2.24, 2.45) is 0 Å². The molecule has 0 spiro atoms. The minimum absolute atomic E-state index is 0.00111. The van der Waals surface area contributed by atoms with Gasteiger partial charge >= 0.3 is 5.97 Å². The van der Waals surface area contributed by atoms with Gasteiger partial charge in [0.1, 0.15) is 5.82 Å². The van der Waals surface area contributed by atoms with Crippen molar-refractivity contribution in [3.05, 3.63) is 23.4 Å². The van der Waals surface area contributed by atoms with E-state index in [0.29, 0.717) is 5.69 Å². The fraction of sp³-hybridized carbons (Fsp3) is 0.455.